The van der Waals surface area contributed by atoms with Gasteiger partial charge in [-0.05, 0) is 65.9 Å². The monoisotopic (exact) mass is 456 g/mol. The summed E-state index contributed by atoms with van der Waals surface area (Å²) in [6.07, 6.45) is -3.45. The van der Waals surface area contributed by atoms with E-state index in [-0.39, 0.29) is 0 Å². The van der Waals surface area contributed by atoms with Crippen LogP contribution in [0.3, 0.4) is 0 Å². The summed E-state index contributed by atoms with van der Waals surface area (Å²) in [6, 6.07) is 18.5. The van der Waals surface area contributed by atoms with E-state index in [1.54, 1.807) is 6.07 Å². The van der Waals surface area contributed by atoms with Gasteiger partial charge in [-0.2, -0.15) is 13.2 Å². The molecule has 3 aromatic carbocycles. The highest BCUT2D eigenvalue weighted by Gasteiger charge is 2.30. The smallest absolute Gasteiger partial charge is 0.416 e. The van der Waals surface area contributed by atoms with Crippen molar-refractivity contribution in [3.63, 3.8) is 0 Å². The van der Waals surface area contributed by atoms with Crippen LogP contribution in [-0.2, 0) is 17.5 Å². The minimum atomic E-state index is -4.36. The number of halogens is 3. The molecule has 174 valence electrons. The quantitative estimate of drug-likeness (QED) is 0.443. The maximum absolute atomic E-state index is 12.9. The summed E-state index contributed by atoms with van der Waals surface area (Å²) in [6.45, 7) is 4.83. The van der Waals surface area contributed by atoms with E-state index in [4.69, 9.17) is 4.74 Å². The maximum atomic E-state index is 12.9. The van der Waals surface area contributed by atoms with E-state index < -0.39 is 24.3 Å². The van der Waals surface area contributed by atoms with E-state index >= 15 is 0 Å². The molecule has 0 aliphatic rings. The number of alkyl halides is 3. The number of anilines is 1. The van der Waals surface area contributed by atoms with E-state index in [2.05, 4.69) is 11.8 Å². The standard InChI is InChI=1S/C26H26F3NO3/c1-3-13-30(16-19-7-12-24(18(2)14-19)33-17-25(31)32)23-6-4-5-21(15-23)20-8-10-22(11-9-20)26(27,28)29/h4-12,14-15H,3,13,16-17H2,1-2H3,(H,31,32)/p-1. The molecule has 0 aromatic heterocycles. The van der Waals surface area contributed by atoms with Crippen molar-refractivity contribution in [1.29, 1.82) is 0 Å². The lowest BCUT2D eigenvalue weighted by Crippen LogP contribution is -2.29. The Bertz CT molecular complexity index is 1090. The molecule has 0 saturated heterocycles. The second-order valence-electron chi connectivity index (χ2n) is 7.81. The Labute approximate surface area is 191 Å². The second-order valence-corrected chi connectivity index (χ2v) is 7.81. The molecule has 0 aliphatic carbocycles. The Hall–Kier alpha value is -3.48. The summed E-state index contributed by atoms with van der Waals surface area (Å²) in [5, 5.41) is 10.6. The number of nitrogens with zero attached hydrogens (tertiary/aromatic N) is 1. The van der Waals surface area contributed by atoms with Gasteiger partial charge in [0, 0.05) is 18.8 Å². The van der Waals surface area contributed by atoms with Crippen LogP contribution in [0.4, 0.5) is 18.9 Å². The van der Waals surface area contributed by atoms with Gasteiger partial charge in [0.15, 0.2) is 0 Å². The topological polar surface area (TPSA) is 52.6 Å². The molecule has 33 heavy (non-hydrogen) atoms. The number of rotatable bonds is 9. The van der Waals surface area contributed by atoms with Gasteiger partial charge in [-0.1, -0.05) is 43.3 Å². The molecular formula is C26H25F3NO3-. The highest BCUT2D eigenvalue weighted by molar-refractivity contribution is 5.69. The van der Waals surface area contributed by atoms with Crippen LogP contribution in [0, 0.1) is 6.92 Å². The highest BCUT2D eigenvalue weighted by Crippen LogP contribution is 2.32. The predicted octanol–water partition coefficient (Wildman–Crippen LogP) is 5.23. The number of carbonyl (C=O) groups is 1. The lowest BCUT2D eigenvalue weighted by atomic mass is 10.0. The average Bonchev–Trinajstić information content (AvgIpc) is 2.78. The molecule has 0 bridgehead atoms. The van der Waals surface area contributed by atoms with E-state index in [0.717, 1.165) is 47.5 Å². The molecule has 0 unspecified atom stereocenters. The van der Waals surface area contributed by atoms with Gasteiger partial charge in [0.25, 0.3) is 0 Å². The Kier molecular flexibility index (Phi) is 7.63. The minimum absolute atomic E-state index is 0.495. The van der Waals surface area contributed by atoms with Gasteiger partial charge in [0.2, 0.25) is 0 Å². The summed E-state index contributed by atoms with van der Waals surface area (Å²) < 4.78 is 43.9. The van der Waals surface area contributed by atoms with Crippen molar-refractivity contribution in [2.45, 2.75) is 33.0 Å². The van der Waals surface area contributed by atoms with Crippen LogP contribution in [0.15, 0.2) is 66.7 Å². The highest BCUT2D eigenvalue weighted by atomic mass is 19.4. The van der Waals surface area contributed by atoms with E-state index in [1.165, 1.54) is 12.1 Å². The Balaban J connectivity index is 1.81. The second kappa shape index (κ2) is 10.4. The number of aryl methyl sites for hydroxylation is 1. The van der Waals surface area contributed by atoms with Crippen LogP contribution in [0.25, 0.3) is 11.1 Å². The fraction of sp³-hybridized carbons (Fsp3) is 0.269. The molecule has 0 aliphatic heterocycles. The zero-order chi connectivity index (χ0) is 24.0. The molecule has 0 amide bonds. The number of benzene rings is 3. The third-order valence-corrected chi connectivity index (χ3v) is 5.21. The van der Waals surface area contributed by atoms with Crippen molar-refractivity contribution in [3.05, 3.63) is 83.4 Å². The molecule has 0 fully saturated rings. The number of carboxylic acid groups (broad SMARTS) is 1. The first-order chi connectivity index (χ1) is 15.7. The number of ether oxygens (including phenoxy) is 1. The van der Waals surface area contributed by atoms with Crippen molar-refractivity contribution in [1.82, 2.24) is 0 Å². The van der Waals surface area contributed by atoms with Gasteiger partial charge in [-0.25, -0.2) is 0 Å². The van der Waals surface area contributed by atoms with Crippen molar-refractivity contribution in [3.8, 4) is 16.9 Å². The molecule has 3 rings (SSSR count). The van der Waals surface area contributed by atoms with Crippen molar-refractivity contribution in [2.24, 2.45) is 0 Å². The van der Waals surface area contributed by atoms with Gasteiger partial charge >= 0.3 is 6.18 Å². The Morgan fingerprint density at radius 3 is 2.33 bits per heavy atom. The summed E-state index contributed by atoms with van der Waals surface area (Å²) in [5.74, 6) is -0.783. The molecule has 0 spiro atoms. The van der Waals surface area contributed by atoms with Crippen LogP contribution in [0.5, 0.6) is 5.75 Å². The fourth-order valence-corrected chi connectivity index (χ4v) is 3.63. The SMILES string of the molecule is CCCN(Cc1ccc(OCC(=O)[O-])c(C)c1)c1cccc(-c2ccc(C(F)(F)F)cc2)c1. The van der Waals surface area contributed by atoms with Crippen molar-refractivity contribution < 1.29 is 27.8 Å². The van der Waals surface area contributed by atoms with Gasteiger partial charge < -0.3 is 19.5 Å². The molecular weight excluding hydrogens is 431 g/mol. The van der Waals surface area contributed by atoms with Crippen LogP contribution >= 0.6 is 0 Å². The number of hydrogen-bond acceptors (Lipinski definition) is 4. The van der Waals surface area contributed by atoms with Crippen molar-refractivity contribution >= 4 is 11.7 Å². The van der Waals surface area contributed by atoms with Crippen LogP contribution in [-0.4, -0.2) is 19.1 Å². The lowest BCUT2D eigenvalue weighted by Gasteiger charge is -2.25. The van der Waals surface area contributed by atoms with Crippen molar-refractivity contribution in [2.75, 3.05) is 18.1 Å². The summed E-state index contributed by atoms with van der Waals surface area (Å²) in [5.41, 5.74) is 3.70. The molecule has 0 saturated carbocycles. The Morgan fingerprint density at radius 2 is 1.73 bits per heavy atom. The van der Waals surface area contributed by atoms with E-state index in [0.29, 0.717) is 17.9 Å². The van der Waals surface area contributed by atoms with Gasteiger partial charge in [0.1, 0.15) is 12.4 Å². The number of carbonyl (C=O) groups excluding carboxylic acids is 1. The largest absolute Gasteiger partial charge is 0.546 e. The normalized spacial score (nSPS) is 11.3. The Morgan fingerprint density at radius 1 is 1.00 bits per heavy atom. The summed E-state index contributed by atoms with van der Waals surface area (Å²) >= 11 is 0. The average molecular weight is 456 g/mol. The first-order valence-corrected chi connectivity index (χ1v) is 10.6. The third kappa shape index (κ3) is 6.51. The lowest BCUT2D eigenvalue weighted by molar-refractivity contribution is -0.307. The summed E-state index contributed by atoms with van der Waals surface area (Å²) in [4.78, 5) is 12.8. The van der Waals surface area contributed by atoms with Crippen LogP contribution in [0.2, 0.25) is 0 Å². The minimum Gasteiger partial charge on any atom is -0.546 e. The molecule has 4 nitrogen and oxygen atoms in total. The number of carboxylic acids is 1. The van der Waals surface area contributed by atoms with Gasteiger partial charge in [-0.15, -0.1) is 0 Å². The first-order valence-electron chi connectivity index (χ1n) is 10.6. The fourth-order valence-electron chi connectivity index (χ4n) is 3.63. The first kappa shape index (κ1) is 24.2. The van der Waals surface area contributed by atoms with E-state index in [9.17, 15) is 23.1 Å². The number of aliphatic carboxylic acids is 1. The van der Waals surface area contributed by atoms with Crippen LogP contribution in [0.1, 0.15) is 30.0 Å². The maximum Gasteiger partial charge on any atom is 0.416 e. The third-order valence-electron chi connectivity index (χ3n) is 5.21. The zero-order valence-electron chi connectivity index (χ0n) is 18.5. The molecule has 0 heterocycles. The predicted molar refractivity (Wildman–Crippen MR) is 120 cm³/mol. The summed E-state index contributed by atoms with van der Waals surface area (Å²) in [7, 11) is 0. The molecule has 0 atom stereocenters. The van der Waals surface area contributed by atoms with Crippen LogP contribution < -0.4 is 14.7 Å². The van der Waals surface area contributed by atoms with E-state index in [1.807, 2.05) is 43.3 Å². The molecule has 3 aromatic rings. The number of hydrogen-bond donors (Lipinski definition) is 0. The zero-order valence-corrected chi connectivity index (χ0v) is 18.5. The molecule has 0 radical (unpaired) electrons. The molecule has 7 heteroatoms. The van der Waals surface area contributed by atoms with Gasteiger partial charge in [-0.3, -0.25) is 0 Å². The van der Waals surface area contributed by atoms with Gasteiger partial charge in [0.05, 0.1) is 11.5 Å². The molecule has 0 N–H and O–H groups in total.